The van der Waals surface area contributed by atoms with Gasteiger partial charge in [0.2, 0.25) is 5.91 Å². The molecule has 0 atom stereocenters. The second kappa shape index (κ2) is 4.75. The number of carbonyl (C=O) groups excluding carboxylic acids is 1. The van der Waals surface area contributed by atoms with E-state index in [0.29, 0.717) is 0 Å². The first-order chi connectivity index (χ1) is 8.45. The number of fused-ring (bicyclic) bond motifs is 1. The lowest BCUT2D eigenvalue weighted by Crippen LogP contribution is -2.29. The van der Waals surface area contributed by atoms with Gasteiger partial charge in [-0.25, -0.2) is 0 Å². The van der Waals surface area contributed by atoms with Gasteiger partial charge in [0.25, 0.3) is 0 Å². The quantitative estimate of drug-likeness (QED) is 0.739. The SMILES string of the molecule is CCc1ccc2c(c1)N(C(C)=O)CCCC2(C)C. The summed E-state index contributed by atoms with van der Waals surface area (Å²) in [6.45, 7) is 9.23. The number of anilines is 1. The fourth-order valence-electron chi connectivity index (χ4n) is 2.85. The molecule has 0 N–H and O–H groups in total. The first-order valence-electron chi connectivity index (χ1n) is 6.87. The summed E-state index contributed by atoms with van der Waals surface area (Å²) < 4.78 is 0. The van der Waals surface area contributed by atoms with Gasteiger partial charge in [-0.3, -0.25) is 4.79 Å². The maximum Gasteiger partial charge on any atom is 0.223 e. The van der Waals surface area contributed by atoms with Gasteiger partial charge < -0.3 is 4.90 Å². The van der Waals surface area contributed by atoms with E-state index in [0.717, 1.165) is 31.5 Å². The third-order valence-electron chi connectivity index (χ3n) is 4.05. The molecule has 2 nitrogen and oxygen atoms in total. The van der Waals surface area contributed by atoms with Crippen molar-refractivity contribution in [2.24, 2.45) is 0 Å². The van der Waals surface area contributed by atoms with Crippen LogP contribution in [0.25, 0.3) is 0 Å². The number of rotatable bonds is 1. The lowest BCUT2D eigenvalue weighted by molar-refractivity contribution is -0.116. The van der Waals surface area contributed by atoms with Crippen LogP contribution in [0.1, 0.15) is 51.7 Å². The molecule has 1 aromatic carbocycles. The largest absolute Gasteiger partial charge is 0.312 e. The molecule has 0 aliphatic carbocycles. The highest BCUT2D eigenvalue weighted by Crippen LogP contribution is 2.39. The molecule has 1 amide bonds. The van der Waals surface area contributed by atoms with Gasteiger partial charge in [-0.15, -0.1) is 0 Å². The molecule has 18 heavy (non-hydrogen) atoms. The van der Waals surface area contributed by atoms with Crippen molar-refractivity contribution in [3.63, 3.8) is 0 Å². The molecule has 0 radical (unpaired) electrons. The zero-order valence-electron chi connectivity index (χ0n) is 11.9. The third kappa shape index (κ3) is 2.29. The summed E-state index contributed by atoms with van der Waals surface area (Å²) in [7, 11) is 0. The molecule has 0 aromatic heterocycles. The molecule has 2 heteroatoms. The first-order valence-corrected chi connectivity index (χ1v) is 6.87. The lowest BCUT2D eigenvalue weighted by atomic mass is 9.80. The summed E-state index contributed by atoms with van der Waals surface area (Å²) >= 11 is 0. The van der Waals surface area contributed by atoms with Crippen molar-refractivity contribution in [3.8, 4) is 0 Å². The van der Waals surface area contributed by atoms with E-state index in [1.165, 1.54) is 11.1 Å². The van der Waals surface area contributed by atoms with Gasteiger partial charge in [0, 0.05) is 19.2 Å². The fraction of sp³-hybridized carbons (Fsp3) is 0.562. The number of benzene rings is 1. The Bertz CT molecular complexity index is 462. The molecule has 1 heterocycles. The van der Waals surface area contributed by atoms with Crippen LogP contribution in [0, 0.1) is 0 Å². The fourth-order valence-corrected chi connectivity index (χ4v) is 2.85. The molecule has 1 aromatic rings. The summed E-state index contributed by atoms with van der Waals surface area (Å²) in [6.07, 6.45) is 3.22. The van der Waals surface area contributed by atoms with Crippen molar-refractivity contribution in [2.45, 2.75) is 52.4 Å². The van der Waals surface area contributed by atoms with E-state index in [-0.39, 0.29) is 11.3 Å². The number of hydrogen-bond acceptors (Lipinski definition) is 1. The molecule has 0 saturated carbocycles. The average Bonchev–Trinajstić information content (AvgIpc) is 2.45. The number of nitrogens with zero attached hydrogens (tertiary/aromatic N) is 1. The van der Waals surface area contributed by atoms with E-state index in [1.807, 2.05) is 4.90 Å². The third-order valence-corrected chi connectivity index (χ3v) is 4.05. The number of amides is 1. The second-order valence-corrected chi connectivity index (χ2v) is 5.86. The van der Waals surface area contributed by atoms with Gasteiger partial charge in [0.15, 0.2) is 0 Å². The molecule has 0 unspecified atom stereocenters. The minimum absolute atomic E-state index is 0.155. The molecule has 1 aliphatic heterocycles. The van der Waals surface area contributed by atoms with Crippen LogP contribution >= 0.6 is 0 Å². The Balaban J connectivity index is 2.58. The van der Waals surface area contributed by atoms with Crippen LogP contribution < -0.4 is 4.90 Å². The van der Waals surface area contributed by atoms with Gasteiger partial charge in [0.05, 0.1) is 0 Å². The molecule has 98 valence electrons. The molecule has 0 spiro atoms. The van der Waals surface area contributed by atoms with E-state index in [9.17, 15) is 4.79 Å². The monoisotopic (exact) mass is 245 g/mol. The Morgan fingerprint density at radius 1 is 1.39 bits per heavy atom. The predicted octanol–water partition coefficient (Wildman–Crippen LogP) is 3.67. The van der Waals surface area contributed by atoms with Crippen molar-refractivity contribution in [1.29, 1.82) is 0 Å². The van der Waals surface area contributed by atoms with Crippen molar-refractivity contribution in [1.82, 2.24) is 0 Å². The van der Waals surface area contributed by atoms with E-state index in [4.69, 9.17) is 0 Å². The maximum atomic E-state index is 11.9. The van der Waals surface area contributed by atoms with Crippen molar-refractivity contribution >= 4 is 11.6 Å². The topological polar surface area (TPSA) is 20.3 Å². The van der Waals surface area contributed by atoms with Gasteiger partial charge in [-0.2, -0.15) is 0 Å². The van der Waals surface area contributed by atoms with Crippen LogP contribution in [0.15, 0.2) is 18.2 Å². The number of hydrogen-bond donors (Lipinski definition) is 0. The predicted molar refractivity (Wildman–Crippen MR) is 76.1 cm³/mol. The van der Waals surface area contributed by atoms with E-state index in [1.54, 1.807) is 6.92 Å². The minimum Gasteiger partial charge on any atom is -0.312 e. The molecule has 1 aliphatic rings. The molecule has 0 saturated heterocycles. The maximum absolute atomic E-state index is 11.9. The van der Waals surface area contributed by atoms with E-state index < -0.39 is 0 Å². The Morgan fingerprint density at radius 2 is 2.11 bits per heavy atom. The van der Waals surface area contributed by atoms with E-state index >= 15 is 0 Å². The van der Waals surface area contributed by atoms with Gasteiger partial charge in [-0.1, -0.05) is 32.9 Å². The van der Waals surface area contributed by atoms with Gasteiger partial charge in [-0.05, 0) is 41.9 Å². The summed E-state index contributed by atoms with van der Waals surface area (Å²) in [5.41, 5.74) is 3.90. The lowest BCUT2D eigenvalue weighted by Gasteiger charge is -2.27. The Morgan fingerprint density at radius 3 is 2.72 bits per heavy atom. The molecule has 2 rings (SSSR count). The van der Waals surface area contributed by atoms with Crippen LogP contribution in [0.2, 0.25) is 0 Å². The average molecular weight is 245 g/mol. The van der Waals surface area contributed by atoms with Crippen LogP contribution in [0.3, 0.4) is 0 Å². The summed E-state index contributed by atoms with van der Waals surface area (Å²) in [5.74, 6) is 0.155. The second-order valence-electron chi connectivity index (χ2n) is 5.86. The van der Waals surface area contributed by atoms with Gasteiger partial charge >= 0.3 is 0 Å². The normalized spacial score (nSPS) is 18.1. The van der Waals surface area contributed by atoms with Crippen molar-refractivity contribution < 1.29 is 4.79 Å². The summed E-state index contributed by atoms with van der Waals surface area (Å²) in [6, 6.07) is 6.61. The Labute approximate surface area is 110 Å². The Hall–Kier alpha value is -1.31. The Kier molecular flexibility index (Phi) is 3.47. The van der Waals surface area contributed by atoms with Crippen LogP contribution in [-0.2, 0) is 16.6 Å². The van der Waals surface area contributed by atoms with Gasteiger partial charge in [0.1, 0.15) is 0 Å². The number of carbonyl (C=O) groups is 1. The zero-order valence-corrected chi connectivity index (χ0v) is 11.9. The summed E-state index contributed by atoms with van der Waals surface area (Å²) in [4.78, 5) is 13.8. The molecule has 0 bridgehead atoms. The van der Waals surface area contributed by atoms with Crippen LogP contribution in [0.4, 0.5) is 5.69 Å². The van der Waals surface area contributed by atoms with E-state index in [2.05, 4.69) is 39.0 Å². The standard InChI is InChI=1S/C16H23NO/c1-5-13-7-8-14-15(11-13)17(12(2)18)10-6-9-16(14,3)4/h7-8,11H,5-6,9-10H2,1-4H3. The highest BCUT2D eigenvalue weighted by Gasteiger charge is 2.30. The molecule has 0 fully saturated rings. The highest BCUT2D eigenvalue weighted by atomic mass is 16.2. The summed E-state index contributed by atoms with van der Waals surface area (Å²) in [5, 5.41) is 0. The molecular weight excluding hydrogens is 222 g/mol. The zero-order chi connectivity index (χ0) is 13.3. The molecular formula is C16H23NO. The minimum atomic E-state index is 0.155. The first kappa shape index (κ1) is 13.1. The van der Waals surface area contributed by atoms with Crippen molar-refractivity contribution in [2.75, 3.05) is 11.4 Å². The number of aryl methyl sites for hydroxylation is 1. The van der Waals surface area contributed by atoms with Crippen molar-refractivity contribution in [3.05, 3.63) is 29.3 Å². The highest BCUT2D eigenvalue weighted by molar-refractivity contribution is 5.92. The smallest absolute Gasteiger partial charge is 0.223 e. The van der Waals surface area contributed by atoms with Crippen LogP contribution in [0.5, 0.6) is 0 Å². The van der Waals surface area contributed by atoms with Crippen LogP contribution in [-0.4, -0.2) is 12.5 Å².